The molecule has 0 aliphatic carbocycles. The van der Waals surface area contributed by atoms with Gasteiger partial charge in [-0.15, -0.1) is 0 Å². The second kappa shape index (κ2) is 7.82. The van der Waals surface area contributed by atoms with Crippen molar-refractivity contribution in [1.82, 2.24) is 0 Å². The third kappa shape index (κ3) is 5.90. The summed E-state index contributed by atoms with van der Waals surface area (Å²) in [5, 5.41) is 0. The molecule has 0 bridgehead atoms. The van der Waals surface area contributed by atoms with Crippen LogP contribution in [0.1, 0.15) is 18.1 Å². The lowest BCUT2D eigenvalue weighted by atomic mass is 10.2. The highest BCUT2D eigenvalue weighted by atomic mass is 31.2. The van der Waals surface area contributed by atoms with Gasteiger partial charge in [0.1, 0.15) is 11.5 Å². The number of hydrogen-bond acceptors (Lipinski definition) is 4. The summed E-state index contributed by atoms with van der Waals surface area (Å²) < 4.78 is 103. The molecule has 27 heavy (non-hydrogen) atoms. The van der Waals surface area contributed by atoms with E-state index >= 15 is 0 Å². The van der Waals surface area contributed by atoms with Gasteiger partial charge in [-0.05, 0) is 55.5 Å². The van der Waals surface area contributed by atoms with E-state index in [1.54, 1.807) is 0 Å². The minimum atomic E-state index is -4.56. The summed E-state index contributed by atoms with van der Waals surface area (Å²) in [6, 6.07) is 6.53. The molecule has 0 atom stereocenters. The van der Waals surface area contributed by atoms with Crippen molar-refractivity contribution in [3.05, 3.63) is 59.7 Å². The maximum absolute atomic E-state index is 12.6. The SMILES string of the molecule is CCOP(=O)(Oc1ccc(C(F)(F)F)cc1)Oc1ccc(C(F)(F)F)cc1. The van der Waals surface area contributed by atoms with Crippen molar-refractivity contribution in [3.8, 4) is 11.5 Å². The van der Waals surface area contributed by atoms with E-state index in [-0.39, 0.29) is 18.1 Å². The van der Waals surface area contributed by atoms with Gasteiger partial charge in [-0.1, -0.05) is 0 Å². The molecule has 0 aromatic heterocycles. The van der Waals surface area contributed by atoms with E-state index in [0.29, 0.717) is 24.3 Å². The van der Waals surface area contributed by atoms with Gasteiger partial charge in [-0.25, -0.2) is 4.57 Å². The van der Waals surface area contributed by atoms with Gasteiger partial charge in [0.25, 0.3) is 0 Å². The summed E-state index contributed by atoms with van der Waals surface area (Å²) in [6.07, 6.45) is -9.11. The molecule has 0 aliphatic heterocycles. The average Bonchev–Trinajstić information content (AvgIpc) is 2.54. The molecule has 2 aromatic rings. The number of benzene rings is 2. The van der Waals surface area contributed by atoms with Crippen LogP contribution in [0.4, 0.5) is 26.3 Å². The van der Waals surface area contributed by atoms with E-state index in [9.17, 15) is 30.9 Å². The van der Waals surface area contributed by atoms with Crippen LogP contribution in [-0.4, -0.2) is 6.61 Å². The van der Waals surface area contributed by atoms with Gasteiger partial charge in [0.05, 0.1) is 17.7 Å². The van der Waals surface area contributed by atoms with E-state index in [1.807, 2.05) is 0 Å². The number of phosphoric acid groups is 1. The zero-order chi connectivity index (χ0) is 20.3. The van der Waals surface area contributed by atoms with E-state index in [0.717, 1.165) is 24.3 Å². The van der Waals surface area contributed by atoms with Crippen LogP contribution in [0, 0.1) is 0 Å². The highest BCUT2D eigenvalue weighted by Crippen LogP contribution is 2.50. The van der Waals surface area contributed by atoms with E-state index in [4.69, 9.17) is 13.6 Å². The number of halogens is 6. The fourth-order valence-corrected chi connectivity index (χ4v) is 3.12. The van der Waals surface area contributed by atoms with Crippen molar-refractivity contribution < 1.29 is 44.5 Å². The first-order chi connectivity index (χ1) is 12.4. The van der Waals surface area contributed by atoms with Crippen LogP contribution in [0.15, 0.2) is 48.5 Å². The molecule has 0 saturated heterocycles. The molecule has 0 unspecified atom stereocenters. The van der Waals surface area contributed by atoms with Crippen LogP contribution in [0.5, 0.6) is 11.5 Å². The summed E-state index contributed by atoms with van der Waals surface area (Å²) >= 11 is 0. The highest BCUT2D eigenvalue weighted by molar-refractivity contribution is 7.49. The largest absolute Gasteiger partial charge is 0.587 e. The molecule has 0 spiro atoms. The Labute approximate surface area is 150 Å². The molecule has 4 nitrogen and oxygen atoms in total. The van der Waals surface area contributed by atoms with E-state index in [1.165, 1.54) is 6.92 Å². The normalized spacial score (nSPS) is 12.7. The first-order valence-corrected chi connectivity index (χ1v) is 8.87. The Kier molecular flexibility index (Phi) is 6.11. The number of rotatable bonds is 6. The first-order valence-electron chi connectivity index (χ1n) is 7.41. The molecule has 11 heteroatoms. The van der Waals surface area contributed by atoms with Crippen LogP contribution in [0.2, 0.25) is 0 Å². The van der Waals surface area contributed by atoms with Crippen LogP contribution in [0.25, 0.3) is 0 Å². The van der Waals surface area contributed by atoms with Gasteiger partial charge in [0.2, 0.25) is 0 Å². The van der Waals surface area contributed by atoms with Crippen molar-refractivity contribution in [2.75, 3.05) is 6.61 Å². The summed E-state index contributed by atoms with van der Waals surface area (Å²) in [7, 11) is -4.34. The Morgan fingerprint density at radius 3 is 1.33 bits per heavy atom. The minimum absolute atomic E-state index is 0.140. The molecule has 0 amide bonds. The zero-order valence-corrected chi connectivity index (χ0v) is 14.6. The van der Waals surface area contributed by atoms with Crippen LogP contribution < -0.4 is 9.05 Å². The maximum Gasteiger partial charge on any atom is 0.587 e. The molecule has 0 N–H and O–H groups in total. The molecular weight excluding hydrogens is 401 g/mol. The predicted molar refractivity (Wildman–Crippen MR) is 83.4 cm³/mol. The molecule has 0 radical (unpaired) electrons. The van der Waals surface area contributed by atoms with Gasteiger partial charge >= 0.3 is 20.2 Å². The summed E-state index contributed by atoms with van der Waals surface area (Å²) in [4.78, 5) is 0. The van der Waals surface area contributed by atoms with E-state index in [2.05, 4.69) is 0 Å². The fraction of sp³-hybridized carbons (Fsp3) is 0.250. The van der Waals surface area contributed by atoms with Crippen molar-refractivity contribution in [1.29, 1.82) is 0 Å². The molecule has 0 heterocycles. The Balaban J connectivity index is 2.18. The lowest BCUT2D eigenvalue weighted by Crippen LogP contribution is -2.07. The smallest absolute Gasteiger partial charge is 0.395 e. The number of hydrogen-bond donors (Lipinski definition) is 0. The quantitative estimate of drug-likeness (QED) is 0.410. The summed E-state index contributed by atoms with van der Waals surface area (Å²) in [5.74, 6) is -0.460. The molecule has 2 rings (SSSR count). The minimum Gasteiger partial charge on any atom is -0.395 e. The van der Waals surface area contributed by atoms with Gasteiger partial charge < -0.3 is 9.05 Å². The molecule has 148 valence electrons. The van der Waals surface area contributed by atoms with Crippen molar-refractivity contribution in [2.45, 2.75) is 19.3 Å². The number of alkyl halides is 6. The van der Waals surface area contributed by atoms with Crippen molar-refractivity contribution in [3.63, 3.8) is 0 Å². The van der Waals surface area contributed by atoms with Crippen molar-refractivity contribution in [2.24, 2.45) is 0 Å². The molecule has 0 aliphatic rings. The fourth-order valence-electron chi connectivity index (χ4n) is 1.90. The van der Waals surface area contributed by atoms with E-state index < -0.39 is 31.3 Å². The summed E-state index contributed by atoms with van der Waals surface area (Å²) in [6.45, 7) is 1.32. The molecule has 0 saturated carbocycles. The highest BCUT2D eigenvalue weighted by Gasteiger charge is 2.34. The lowest BCUT2D eigenvalue weighted by molar-refractivity contribution is -0.138. The summed E-state index contributed by atoms with van der Waals surface area (Å²) in [5.41, 5.74) is -1.88. The molecule has 2 aromatic carbocycles. The third-order valence-corrected chi connectivity index (χ3v) is 4.53. The number of phosphoric ester groups is 1. The third-order valence-electron chi connectivity index (χ3n) is 3.08. The second-order valence-corrected chi connectivity index (χ2v) is 6.61. The maximum atomic E-state index is 12.6. The predicted octanol–water partition coefficient (Wildman–Crippen LogP) is 6.33. The second-order valence-electron chi connectivity index (χ2n) is 5.09. The van der Waals surface area contributed by atoms with Gasteiger partial charge in [-0.2, -0.15) is 26.3 Å². The zero-order valence-electron chi connectivity index (χ0n) is 13.7. The van der Waals surface area contributed by atoms with Gasteiger partial charge in [0, 0.05) is 0 Å². The van der Waals surface area contributed by atoms with Gasteiger partial charge in [-0.3, -0.25) is 4.52 Å². The lowest BCUT2D eigenvalue weighted by Gasteiger charge is -2.19. The Morgan fingerprint density at radius 2 is 1.07 bits per heavy atom. The van der Waals surface area contributed by atoms with Crippen LogP contribution in [-0.2, 0) is 21.4 Å². The van der Waals surface area contributed by atoms with Crippen LogP contribution >= 0.6 is 7.82 Å². The standard InChI is InChI=1S/C16H13F6O4P/c1-2-24-27(23,25-13-7-3-11(4-8-13)15(17,18)19)26-14-9-5-12(6-10-14)16(20,21)22/h3-10H,2H2,1H3. The monoisotopic (exact) mass is 414 g/mol. The Bertz CT molecular complexity index is 736. The Morgan fingerprint density at radius 1 is 0.741 bits per heavy atom. The Hall–Kier alpha value is -2.19. The van der Waals surface area contributed by atoms with Crippen LogP contribution in [0.3, 0.4) is 0 Å². The van der Waals surface area contributed by atoms with Gasteiger partial charge in [0.15, 0.2) is 0 Å². The molecule has 0 fully saturated rings. The average molecular weight is 414 g/mol. The topological polar surface area (TPSA) is 44.8 Å². The van der Waals surface area contributed by atoms with Crippen molar-refractivity contribution >= 4 is 7.82 Å². The first kappa shape index (κ1) is 21.1. The molecular formula is C16H13F6O4P.